The molecule has 0 N–H and O–H groups in total. The molecule has 4 unspecified atom stereocenters. The van der Waals surface area contributed by atoms with Crippen molar-refractivity contribution in [3.8, 4) is 0 Å². The molecule has 1 saturated carbocycles. The van der Waals surface area contributed by atoms with Crippen molar-refractivity contribution >= 4 is 5.78 Å². The molecule has 0 spiro atoms. The standard InChI is InChI=1S/C14H15F2N3O/c1-6-4-9(6)12(20)13-17-14-10(16)5-11(19(14)18-13)7(2)8(3)15/h6,9-11H,2-5H2,1H3. The maximum absolute atomic E-state index is 13.9. The summed E-state index contributed by atoms with van der Waals surface area (Å²) in [5.41, 5.74) is 0.0788. The van der Waals surface area contributed by atoms with E-state index in [4.69, 9.17) is 0 Å². The molecule has 2 aliphatic rings. The number of hydrogen-bond acceptors (Lipinski definition) is 3. The number of halogens is 2. The topological polar surface area (TPSA) is 47.8 Å². The number of nitrogens with zero attached hydrogens (tertiary/aromatic N) is 3. The largest absolute Gasteiger partial charge is 0.290 e. The highest BCUT2D eigenvalue weighted by molar-refractivity contribution is 5.96. The zero-order chi connectivity index (χ0) is 14.6. The molecule has 1 aliphatic carbocycles. The van der Waals surface area contributed by atoms with Gasteiger partial charge < -0.3 is 0 Å². The van der Waals surface area contributed by atoms with E-state index in [2.05, 4.69) is 23.2 Å². The van der Waals surface area contributed by atoms with E-state index in [0.29, 0.717) is 5.92 Å². The normalized spacial score (nSPS) is 30.9. The van der Waals surface area contributed by atoms with Crippen LogP contribution >= 0.6 is 0 Å². The number of alkyl halides is 1. The third-order valence-corrected chi connectivity index (χ3v) is 4.08. The third kappa shape index (κ3) is 1.90. The van der Waals surface area contributed by atoms with Crippen molar-refractivity contribution in [1.82, 2.24) is 14.8 Å². The highest BCUT2D eigenvalue weighted by Crippen LogP contribution is 2.43. The maximum Gasteiger partial charge on any atom is 0.217 e. The number of Topliss-reactive ketones (excluding diaryl/α,β-unsaturated/α-hetero) is 1. The number of ketones is 1. The summed E-state index contributed by atoms with van der Waals surface area (Å²) >= 11 is 0. The fraction of sp³-hybridized carbons (Fsp3) is 0.500. The Bertz CT molecular complexity index is 622. The molecule has 106 valence electrons. The van der Waals surface area contributed by atoms with Crippen molar-refractivity contribution in [2.45, 2.75) is 32.0 Å². The Hall–Kier alpha value is -1.85. The first-order valence-electron chi connectivity index (χ1n) is 6.58. The summed E-state index contributed by atoms with van der Waals surface area (Å²) in [6, 6.07) is -0.650. The second-order valence-electron chi connectivity index (χ2n) is 5.57. The number of allylic oxidation sites excluding steroid dienone is 2. The predicted molar refractivity (Wildman–Crippen MR) is 68.5 cm³/mol. The second kappa shape index (κ2) is 4.33. The average Bonchev–Trinajstić information content (AvgIpc) is 2.86. The van der Waals surface area contributed by atoms with E-state index in [1.807, 2.05) is 6.92 Å². The molecule has 0 aromatic carbocycles. The molecule has 2 heterocycles. The number of carbonyl (C=O) groups excluding carboxylic acids is 1. The van der Waals surface area contributed by atoms with E-state index in [-0.39, 0.29) is 35.3 Å². The van der Waals surface area contributed by atoms with Crippen LogP contribution in [-0.2, 0) is 0 Å². The van der Waals surface area contributed by atoms with Gasteiger partial charge in [-0.05, 0) is 12.3 Å². The molecule has 3 rings (SSSR count). The van der Waals surface area contributed by atoms with Gasteiger partial charge in [0.25, 0.3) is 0 Å². The van der Waals surface area contributed by atoms with Gasteiger partial charge in [-0.1, -0.05) is 20.1 Å². The van der Waals surface area contributed by atoms with Crippen molar-refractivity contribution in [2.24, 2.45) is 11.8 Å². The van der Waals surface area contributed by atoms with Crippen LogP contribution in [0.2, 0.25) is 0 Å². The Labute approximate surface area is 115 Å². The lowest BCUT2D eigenvalue weighted by molar-refractivity contribution is 0.0951. The monoisotopic (exact) mass is 279 g/mol. The molecule has 1 aliphatic heterocycles. The van der Waals surface area contributed by atoms with E-state index in [1.165, 1.54) is 4.68 Å². The van der Waals surface area contributed by atoms with Crippen LogP contribution in [-0.4, -0.2) is 20.5 Å². The number of rotatable bonds is 4. The number of aromatic nitrogens is 3. The summed E-state index contributed by atoms with van der Waals surface area (Å²) in [6.45, 7) is 8.71. The van der Waals surface area contributed by atoms with Gasteiger partial charge in [0.15, 0.2) is 12.0 Å². The van der Waals surface area contributed by atoms with Gasteiger partial charge in [0.05, 0.1) is 6.04 Å². The summed E-state index contributed by atoms with van der Waals surface area (Å²) in [7, 11) is 0. The molecule has 6 heteroatoms. The van der Waals surface area contributed by atoms with Crippen molar-refractivity contribution in [3.63, 3.8) is 0 Å². The molecular weight excluding hydrogens is 264 g/mol. The van der Waals surface area contributed by atoms with Crippen LogP contribution in [0.25, 0.3) is 0 Å². The lowest BCUT2D eigenvalue weighted by Gasteiger charge is -2.12. The van der Waals surface area contributed by atoms with Crippen LogP contribution in [0.1, 0.15) is 48.4 Å². The third-order valence-electron chi connectivity index (χ3n) is 4.08. The van der Waals surface area contributed by atoms with Gasteiger partial charge in [0, 0.05) is 17.9 Å². The quantitative estimate of drug-likeness (QED) is 0.628. The van der Waals surface area contributed by atoms with Crippen molar-refractivity contribution in [1.29, 1.82) is 0 Å². The van der Waals surface area contributed by atoms with E-state index in [1.54, 1.807) is 0 Å². The number of hydrogen-bond donors (Lipinski definition) is 0. The zero-order valence-electron chi connectivity index (χ0n) is 11.1. The van der Waals surface area contributed by atoms with Crippen molar-refractivity contribution in [3.05, 3.63) is 36.2 Å². The lowest BCUT2D eigenvalue weighted by Crippen LogP contribution is -2.11. The van der Waals surface area contributed by atoms with Gasteiger partial charge in [0.1, 0.15) is 5.83 Å². The first-order chi connectivity index (χ1) is 9.40. The van der Waals surface area contributed by atoms with Crippen LogP contribution in [0.4, 0.5) is 8.78 Å². The Morgan fingerprint density at radius 3 is 2.60 bits per heavy atom. The highest BCUT2D eigenvalue weighted by Gasteiger charge is 2.43. The minimum absolute atomic E-state index is 0.0268. The molecule has 1 fully saturated rings. The van der Waals surface area contributed by atoms with E-state index in [0.717, 1.165) is 6.42 Å². The summed E-state index contributed by atoms with van der Waals surface area (Å²) in [5, 5.41) is 4.07. The first kappa shape index (κ1) is 13.1. The Morgan fingerprint density at radius 2 is 2.05 bits per heavy atom. The second-order valence-corrected chi connectivity index (χ2v) is 5.57. The highest BCUT2D eigenvalue weighted by atomic mass is 19.1. The fourth-order valence-electron chi connectivity index (χ4n) is 2.61. The molecule has 0 saturated heterocycles. The summed E-state index contributed by atoms with van der Waals surface area (Å²) in [6.07, 6.45) is -0.508. The Kier molecular flexibility index (Phi) is 2.84. The van der Waals surface area contributed by atoms with Crippen LogP contribution in [0.15, 0.2) is 24.6 Å². The van der Waals surface area contributed by atoms with Crippen molar-refractivity contribution in [2.75, 3.05) is 0 Å². The van der Waals surface area contributed by atoms with E-state index in [9.17, 15) is 13.6 Å². The van der Waals surface area contributed by atoms with Crippen LogP contribution in [0.5, 0.6) is 0 Å². The molecule has 0 amide bonds. The van der Waals surface area contributed by atoms with Gasteiger partial charge in [-0.3, -0.25) is 4.79 Å². The number of fused-ring (bicyclic) bond motifs is 1. The first-order valence-corrected chi connectivity index (χ1v) is 6.58. The van der Waals surface area contributed by atoms with E-state index >= 15 is 0 Å². The summed E-state index contributed by atoms with van der Waals surface area (Å²) in [5.74, 6) is -0.482. The molecule has 0 radical (unpaired) electrons. The van der Waals surface area contributed by atoms with Gasteiger partial charge >= 0.3 is 0 Å². The number of carbonyl (C=O) groups is 1. The molecular formula is C14H15F2N3O. The van der Waals surface area contributed by atoms with Crippen LogP contribution in [0.3, 0.4) is 0 Å². The molecule has 4 nitrogen and oxygen atoms in total. The predicted octanol–water partition coefficient (Wildman–Crippen LogP) is 3.11. The molecule has 1 aromatic rings. The molecule has 4 atom stereocenters. The minimum atomic E-state index is -1.36. The van der Waals surface area contributed by atoms with Crippen LogP contribution < -0.4 is 0 Å². The Morgan fingerprint density at radius 1 is 1.40 bits per heavy atom. The molecule has 20 heavy (non-hydrogen) atoms. The van der Waals surface area contributed by atoms with E-state index < -0.39 is 18.0 Å². The van der Waals surface area contributed by atoms with Crippen LogP contribution in [0, 0.1) is 11.8 Å². The zero-order valence-corrected chi connectivity index (χ0v) is 11.1. The lowest BCUT2D eigenvalue weighted by atomic mass is 10.1. The Balaban J connectivity index is 1.92. The maximum atomic E-state index is 13.9. The van der Waals surface area contributed by atoms with Gasteiger partial charge in [-0.15, -0.1) is 5.10 Å². The minimum Gasteiger partial charge on any atom is -0.290 e. The molecule has 1 aromatic heterocycles. The van der Waals surface area contributed by atoms with Gasteiger partial charge in [-0.2, -0.15) is 0 Å². The SMILES string of the molecule is C=C(F)C(=C)C1CC(F)c2nc(C(=O)C3CC3C)nn21. The summed E-state index contributed by atoms with van der Waals surface area (Å²) < 4.78 is 28.4. The fourth-order valence-corrected chi connectivity index (χ4v) is 2.61. The van der Waals surface area contributed by atoms with Gasteiger partial charge in [-0.25, -0.2) is 18.4 Å². The van der Waals surface area contributed by atoms with Crippen molar-refractivity contribution < 1.29 is 13.6 Å². The average molecular weight is 279 g/mol. The smallest absolute Gasteiger partial charge is 0.217 e. The molecule has 0 bridgehead atoms. The summed E-state index contributed by atoms with van der Waals surface area (Å²) in [4.78, 5) is 16.1. The van der Waals surface area contributed by atoms with Gasteiger partial charge in [0.2, 0.25) is 11.6 Å².